The summed E-state index contributed by atoms with van der Waals surface area (Å²) in [6.07, 6.45) is 2.17. The number of aryl methyl sites for hydroxylation is 1. The Hall–Kier alpha value is -3.19. The van der Waals surface area contributed by atoms with Gasteiger partial charge in [-0.1, -0.05) is 37.3 Å². The molecule has 228 valence electrons. The van der Waals surface area contributed by atoms with E-state index in [9.17, 15) is 23.1 Å². The molecule has 0 aliphatic rings. The quantitative estimate of drug-likeness (QED) is 0.239. The number of amides is 1. The van der Waals surface area contributed by atoms with E-state index in [0.29, 0.717) is 29.5 Å². The fraction of sp³-hybridized carbons (Fsp3) is 0.433. The van der Waals surface area contributed by atoms with E-state index in [-0.39, 0.29) is 30.4 Å². The molecule has 0 fully saturated rings. The van der Waals surface area contributed by atoms with Crippen molar-refractivity contribution in [3.8, 4) is 11.1 Å². The average Bonchev–Trinajstić information content (AvgIpc) is 3.38. The fourth-order valence-corrected chi connectivity index (χ4v) is 5.63. The predicted molar refractivity (Wildman–Crippen MR) is 164 cm³/mol. The maximum absolute atomic E-state index is 13.4. The lowest BCUT2D eigenvalue weighted by molar-refractivity contribution is -0.139. The molecule has 1 amide bonds. The smallest absolute Gasteiger partial charge is 0.326 e. The molecule has 10 nitrogen and oxygen atoms in total. The number of thioether (sulfide) groups is 1. The lowest BCUT2D eigenvalue weighted by Crippen LogP contribution is -2.42. The maximum atomic E-state index is 13.4. The van der Waals surface area contributed by atoms with Gasteiger partial charge in [-0.3, -0.25) is 4.79 Å². The van der Waals surface area contributed by atoms with Gasteiger partial charge in [-0.15, -0.1) is 0 Å². The first-order valence-electron chi connectivity index (χ1n) is 13.6. The number of carboxylic acid groups (broad SMARTS) is 1. The average molecular weight is 618 g/mol. The van der Waals surface area contributed by atoms with Crippen LogP contribution in [0.3, 0.4) is 0 Å². The van der Waals surface area contributed by atoms with E-state index in [1.807, 2.05) is 56.3 Å². The SMILES string of the molecule is CCSC[C@@H](OCc1ccc(C(=O)N[C@@H](CCS(C)(=O)=O)C(=O)O)c(-c2ccccc2C)c1)c1cnc(CN(C)C)o1. The molecule has 0 unspecified atom stereocenters. The normalized spacial score (nSPS) is 13.2. The van der Waals surface area contributed by atoms with E-state index in [0.717, 1.165) is 28.7 Å². The molecule has 1 aromatic heterocycles. The molecule has 0 saturated heterocycles. The van der Waals surface area contributed by atoms with Crippen molar-refractivity contribution in [3.63, 3.8) is 0 Å². The lowest BCUT2D eigenvalue weighted by atomic mass is 9.93. The molecule has 0 spiro atoms. The summed E-state index contributed by atoms with van der Waals surface area (Å²) in [5.41, 5.74) is 3.46. The third kappa shape index (κ3) is 9.97. The minimum Gasteiger partial charge on any atom is -0.480 e. The van der Waals surface area contributed by atoms with Crippen molar-refractivity contribution in [2.24, 2.45) is 0 Å². The number of nitrogens with zero attached hydrogens (tertiary/aromatic N) is 2. The van der Waals surface area contributed by atoms with Gasteiger partial charge in [0, 0.05) is 17.6 Å². The molecule has 0 radical (unpaired) electrons. The highest BCUT2D eigenvalue weighted by Crippen LogP contribution is 2.30. The number of oxazole rings is 1. The van der Waals surface area contributed by atoms with Gasteiger partial charge in [-0.05, 0) is 67.6 Å². The van der Waals surface area contributed by atoms with Crippen LogP contribution in [0, 0.1) is 6.92 Å². The zero-order valence-electron chi connectivity index (χ0n) is 24.6. The first kappa shape index (κ1) is 33.3. The van der Waals surface area contributed by atoms with Crippen molar-refractivity contribution in [2.75, 3.05) is 37.6 Å². The monoisotopic (exact) mass is 617 g/mol. The van der Waals surface area contributed by atoms with Gasteiger partial charge in [0.1, 0.15) is 22.0 Å². The lowest BCUT2D eigenvalue weighted by Gasteiger charge is -2.19. The van der Waals surface area contributed by atoms with Gasteiger partial charge in [0.2, 0.25) is 5.89 Å². The van der Waals surface area contributed by atoms with Crippen LogP contribution in [0.15, 0.2) is 53.1 Å². The molecule has 2 N–H and O–H groups in total. The van der Waals surface area contributed by atoms with Gasteiger partial charge in [0.15, 0.2) is 5.76 Å². The van der Waals surface area contributed by atoms with Crippen molar-refractivity contribution in [2.45, 2.75) is 45.6 Å². The largest absolute Gasteiger partial charge is 0.480 e. The van der Waals surface area contributed by atoms with E-state index in [1.54, 1.807) is 30.1 Å². The van der Waals surface area contributed by atoms with Gasteiger partial charge in [-0.2, -0.15) is 11.8 Å². The van der Waals surface area contributed by atoms with Crippen LogP contribution in [-0.4, -0.2) is 78.9 Å². The molecule has 2 aromatic carbocycles. The number of hydrogen-bond donors (Lipinski definition) is 2. The second-order valence-electron chi connectivity index (χ2n) is 10.3. The number of rotatable bonds is 16. The van der Waals surface area contributed by atoms with E-state index in [2.05, 4.69) is 17.2 Å². The van der Waals surface area contributed by atoms with Crippen LogP contribution < -0.4 is 5.32 Å². The summed E-state index contributed by atoms with van der Waals surface area (Å²) in [4.78, 5) is 31.5. The number of nitrogens with one attached hydrogen (secondary N) is 1. The Morgan fingerprint density at radius 2 is 1.90 bits per heavy atom. The van der Waals surface area contributed by atoms with Crippen LogP contribution in [-0.2, 0) is 32.5 Å². The summed E-state index contributed by atoms with van der Waals surface area (Å²) in [6.45, 7) is 4.83. The number of carboxylic acids is 1. The molecular weight excluding hydrogens is 578 g/mol. The Morgan fingerprint density at radius 1 is 1.17 bits per heavy atom. The number of carbonyl (C=O) groups excluding carboxylic acids is 1. The summed E-state index contributed by atoms with van der Waals surface area (Å²) in [6, 6.07) is 11.5. The Bertz CT molecular complexity index is 1470. The highest BCUT2D eigenvalue weighted by Gasteiger charge is 2.25. The fourth-order valence-electron chi connectivity index (χ4n) is 4.25. The number of benzene rings is 2. The third-order valence-electron chi connectivity index (χ3n) is 6.41. The highest BCUT2D eigenvalue weighted by atomic mass is 32.2. The van der Waals surface area contributed by atoms with E-state index < -0.39 is 27.8 Å². The van der Waals surface area contributed by atoms with Crippen LogP contribution in [0.25, 0.3) is 11.1 Å². The maximum Gasteiger partial charge on any atom is 0.326 e. The van der Waals surface area contributed by atoms with Gasteiger partial charge >= 0.3 is 5.97 Å². The van der Waals surface area contributed by atoms with E-state index in [4.69, 9.17) is 9.15 Å². The summed E-state index contributed by atoms with van der Waals surface area (Å²) in [7, 11) is 0.483. The van der Waals surface area contributed by atoms with Crippen molar-refractivity contribution >= 4 is 33.5 Å². The Morgan fingerprint density at radius 3 is 2.55 bits per heavy atom. The molecule has 3 aromatic rings. The van der Waals surface area contributed by atoms with Crippen molar-refractivity contribution in [3.05, 3.63) is 77.0 Å². The number of ether oxygens (including phenoxy) is 1. The minimum absolute atomic E-state index is 0.236. The Kier molecular flexibility index (Phi) is 12.2. The van der Waals surface area contributed by atoms with Crippen molar-refractivity contribution in [1.82, 2.24) is 15.2 Å². The molecule has 1 heterocycles. The predicted octanol–water partition coefficient (Wildman–Crippen LogP) is 4.34. The molecule has 2 atom stereocenters. The Balaban J connectivity index is 1.89. The van der Waals surface area contributed by atoms with Crippen LogP contribution in [0.1, 0.15) is 52.6 Å². The molecule has 0 saturated carbocycles. The molecule has 0 bridgehead atoms. The Labute approximate surface area is 251 Å². The summed E-state index contributed by atoms with van der Waals surface area (Å²) >= 11 is 1.73. The topological polar surface area (TPSA) is 139 Å². The van der Waals surface area contributed by atoms with Crippen molar-refractivity contribution in [1.29, 1.82) is 0 Å². The molecule has 3 rings (SSSR count). The first-order chi connectivity index (χ1) is 19.9. The van der Waals surface area contributed by atoms with Gasteiger partial charge in [0.05, 0.1) is 25.1 Å². The summed E-state index contributed by atoms with van der Waals surface area (Å²) < 4.78 is 35.5. The standard InChI is InChI=1S/C30H39N3O7S2/c1-6-41-19-27(26-16-31-28(40-26)17-33(3)4)39-18-21-11-12-23(24(15-21)22-10-8-7-9-20(22)2)29(34)32-25(30(35)36)13-14-42(5,37)38/h7-12,15-16,25,27H,6,13-14,17-19H2,1-5H3,(H,32,34)(H,35,36)/t25-,27+/m0/s1. The number of aliphatic carboxylic acids is 1. The number of sulfone groups is 1. The summed E-state index contributed by atoms with van der Waals surface area (Å²) in [5.74, 6) is 0.601. The van der Waals surface area contributed by atoms with Crippen LogP contribution >= 0.6 is 11.8 Å². The van der Waals surface area contributed by atoms with Gasteiger partial charge < -0.3 is 24.5 Å². The molecule has 0 aliphatic carbocycles. The molecular formula is C30H39N3O7S2. The minimum atomic E-state index is -3.40. The van der Waals surface area contributed by atoms with Crippen molar-refractivity contribution < 1.29 is 32.3 Å². The van der Waals surface area contributed by atoms with Crippen LogP contribution in [0.2, 0.25) is 0 Å². The molecule has 12 heteroatoms. The zero-order chi connectivity index (χ0) is 30.9. The van der Waals surface area contributed by atoms with E-state index >= 15 is 0 Å². The second-order valence-corrected chi connectivity index (χ2v) is 13.9. The van der Waals surface area contributed by atoms with E-state index in [1.165, 1.54) is 0 Å². The zero-order valence-corrected chi connectivity index (χ0v) is 26.3. The molecule has 42 heavy (non-hydrogen) atoms. The van der Waals surface area contributed by atoms with Crippen LogP contribution in [0.4, 0.5) is 0 Å². The highest BCUT2D eigenvalue weighted by molar-refractivity contribution is 7.99. The first-order valence-corrected chi connectivity index (χ1v) is 16.8. The van der Waals surface area contributed by atoms with Crippen LogP contribution in [0.5, 0.6) is 0 Å². The second kappa shape index (κ2) is 15.3. The number of carbonyl (C=O) groups is 2. The summed E-state index contributed by atoms with van der Waals surface area (Å²) in [5, 5.41) is 12.1. The number of hydrogen-bond acceptors (Lipinski definition) is 9. The van der Waals surface area contributed by atoms with Gasteiger partial charge in [0.25, 0.3) is 5.91 Å². The third-order valence-corrected chi connectivity index (χ3v) is 8.33. The molecule has 0 aliphatic heterocycles. The number of aromatic nitrogens is 1. The van der Waals surface area contributed by atoms with Gasteiger partial charge in [-0.25, -0.2) is 18.2 Å².